The lowest BCUT2D eigenvalue weighted by Crippen LogP contribution is -2.40. The van der Waals surface area contributed by atoms with E-state index in [1.165, 1.54) is 22.5 Å². The van der Waals surface area contributed by atoms with E-state index in [1.54, 1.807) is 0 Å². The van der Waals surface area contributed by atoms with Crippen LogP contribution in [0.3, 0.4) is 0 Å². The van der Waals surface area contributed by atoms with Crippen LogP contribution in [0.4, 0.5) is 15.8 Å². The molecule has 0 aromatic heterocycles. The van der Waals surface area contributed by atoms with Crippen molar-refractivity contribution in [1.82, 2.24) is 4.31 Å². The minimum Gasteiger partial charge on any atom is -0.379 e. The zero-order valence-electron chi connectivity index (χ0n) is 14.5. The van der Waals surface area contributed by atoms with Crippen LogP contribution in [0.2, 0.25) is 0 Å². The van der Waals surface area contributed by atoms with E-state index in [9.17, 15) is 27.7 Å². The molecule has 1 heterocycles. The third kappa shape index (κ3) is 4.16. The average Bonchev–Trinajstić information content (AvgIpc) is 2.69. The van der Waals surface area contributed by atoms with Crippen LogP contribution in [0.15, 0.2) is 47.4 Å². The van der Waals surface area contributed by atoms with Crippen LogP contribution in [0.5, 0.6) is 0 Å². The summed E-state index contributed by atoms with van der Waals surface area (Å²) in [6, 6.07) is 8.06. The number of non-ortho nitro benzene ring substituents is 1. The number of nitrogens with zero attached hydrogens (tertiary/aromatic N) is 2. The Morgan fingerprint density at radius 2 is 1.89 bits per heavy atom. The normalized spacial score (nSPS) is 15.2. The van der Waals surface area contributed by atoms with Gasteiger partial charge in [-0.2, -0.15) is 4.31 Å². The van der Waals surface area contributed by atoms with Gasteiger partial charge < -0.3 is 10.1 Å². The maximum atomic E-state index is 14.2. The predicted octanol–water partition coefficient (Wildman–Crippen LogP) is 2.01. The van der Waals surface area contributed by atoms with Gasteiger partial charge in [-0.05, 0) is 24.3 Å². The molecule has 1 N–H and O–H groups in total. The first kappa shape index (κ1) is 19.9. The number of sulfonamides is 1. The topological polar surface area (TPSA) is 119 Å². The first-order valence-electron chi connectivity index (χ1n) is 8.22. The molecule has 9 nitrogen and oxygen atoms in total. The van der Waals surface area contributed by atoms with Crippen molar-refractivity contribution in [3.63, 3.8) is 0 Å². The minimum atomic E-state index is -3.91. The maximum absolute atomic E-state index is 14.2. The smallest absolute Gasteiger partial charge is 0.271 e. The number of anilines is 1. The molecule has 0 radical (unpaired) electrons. The van der Waals surface area contributed by atoms with Crippen molar-refractivity contribution in [3.05, 3.63) is 64.0 Å². The van der Waals surface area contributed by atoms with E-state index in [4.69, 9.17) is 4.74 Å². The van der Waals surface area contributed by atoms with Crippen molar-refractivity contribution in [2.75, 3.05) is 31.6 Å². The molecule has 2 aromatic rings. The van der Waals surface area contributed by atoms with Crippen molar-refractivity contribution < 1.29 is 27.3 Å². The molecule has 0 atom stereocenters. The molecule has 1 aliphatic rings. The fourth-order valence-electron chi connectivity index (χ4n) is 2.67. The fraction of sp³-hybridized carbons (Fsp3) is 0.235. The van der Waals surface area contributed by atoms with Gasteiger partial charge in [-0.3, -0.25) is 14.9 Å². The van der Waals surface area contributed by atoms with Gasteiger partial charge in [0.1, 0.15) is 5.82 Å². The van der Waals surface area contributed by atoms with E-state index in [-0.39, 0.29) is 42.6 Å². The van der Waals surface area contributed by atoms with Crippen molar-refractivity contribution in [2.45, 2.75) is 4.90 Å². The number of carbonyl (C=O) groups is 1. The van der Waals surface area contributed by atoms with Gasteiger partial charge >= 0.3 is 0 Å². The number of nitro groups is 1. The van der Waals surface area contributed by atoms with Crippen molar-refractivity contribution in [2.24, 2.45) is 0 Å². The van der Waals surface area contributed by atoms with Gasteiger partial charge in [0.15, 0.2) is 0 Å². The fourth-order valence-corrected chi connectivity index (χ4v) is 4.11. The van der Waals surface area contributed by atoms with Crippen LogP contribution in [-0.4, -0.2) is 49.9 Å². The molecule has 2 aromatic carbocycles. The first-order chi connectivity index (χ1) is 13.3. The SMILES string of the molecule is O=C(Nc1cccc([N+](=O)[O-])c1)c1cc(S(=O)(=O)N2CCOCC2)ccc1F. The number of hydrogen-bond acceptors (Lipinski definition) is 6. The largest absolute Gasteiger partial charge is 0.379 e. The molecule has 1 saturated heterocycles. The van der Waals surface area contributed by atoms with E-state index < -0.39 is 32.2 Å². The second-order valence-corrected chi connectivity index (χ2v) is 7.86. The zero-order valence-corrected chi connectivity index (χ0v) is 15.3. The highest BCUT2D eigenvalue weighted by Gasteiger charge is 2.28. The lowest BCUT2D eigenvalue weighted by molar-refractivity contribution is -0.384. The number of ether oxygens (including phenoxy) is 1. The summed E-state index contributed by atoms with van der Waals surface area (Å²) in [5.41, 5.74) is -0.650. The van der Waals surface area contributed by atoms with Gasteiger partial charge in [0, 0.05) is 30.9 Å². The second-order valence-electron chi connectivity index (χ2n) is 5.92. The van der Waals surface area contributed by atoms with Crippen molar-refractivity contribution >= 4 is 27.3 Å². The summed E-state index contributed by atoms with van der Waals surface area (Å²) in [5, 5.41) is 13.2. The van der Waals surface area contributed by atoms with Crippen LogP contribution < -0.4 is 5.32 Å². The van der Waals surface area contributed by atoms with Crippen molar-refractivity contribution in [1.29, 1.82) is 0 Å². The zero-order chi connectivity index (χ0) is 20.3. The highest BCUT2D eigenvalue weighted by atomic mass is 32.2. The van der Waals surface area contributed by atoms with Crippen molar-refractivity contribution in [3.8, 4) is 0 Å². The van der Waals surface area contributed by atoms with Crippen LogP contribution in [0.1, 0.15) is 10.4 Å². The molecule has 0 spiro atoms. The quantitative estimate of drug-likeness (QED) is 0.596. The molecule has 0 aliphatic carbocycles. The van der Waals surface area contributed by atoms with Gasteiger partial charge in [-0.15, -0.1) is 0 Å². The van der Waals surface area contributed by atoms with Gasteiger partial charge in [-0.25, -0.2) is 12.8 Å². The summed E-state index contributed by atoms with van der Waals surface area (Å²) in [6.07, 6.45) is 0. The predicted molar refractivity (Wildman–Crippen MR) is 97.0 cm³/mol. The molecular formula is C17H16FN3O6S. The Balaban J connectivity index is 1.88. The number of carbonyl (C=O) groups excluding carboxylic acids is 1. The van der Waals surface area contributed by atoms with E-state index in [2.05, 4.69) is 5.32 Å². The molecule has 1 aliphatic heterocycles. The van der Waals surface area contributed by atoms with Crippen LogP contribution in [0.25, 0.3) is 0 Å². The molecular weight excluding hydrogens is 393 g/mol. The number of rotatable bonds is 5. The number of nitrogens with one attached hydrogen (secondary N) is 1. The Kier molecular flexibility index (Phi) is 5.68. The Morgan fingerprint density at radius 3 is 2.57 bits per heavy atom. The standard InChI is InChI=1S/C17H16FN3O6S/c18-16-5-4-14(28(25,26)20-6-8-27-9-7-20)11-15(16)17(22)19-12-2-1-3-13(10-12)21(23)24/h1-5,10-11H,6-9H2,(H,19,22). The van der Waals surface area contributed by atoms with E-state index >= 15 is 0 Å². The molecule has 0 saturated carbocycles. The van der Waals surface area contributed by atoms with E-state index in [1.807, 2.05) is 0 Å². The molecule has 3 rings (SSSR count). The Bertz CT molecular complexity index is 1020. The third-order valence-electron chi connectivity index (χ3n) is 4.11. The van der Waals surface area contributed by atoms with E-state index in [0.717, 1.165) is 24.3 Å². The van der Waals surface area contributed by atoms with Gasteiger partial charge in [-0.1, -0.05) is 6.07 Å². The minimum absolute atomic E-state index is 0.0834. The third-order valence-corrected chi connectivity index (χ3v) is 6.00. The average molecular weight is 409 g/mol. The number of morpholine rings is 1. The molecule has 0 bridgehead atoms. The molecule has 28 heavy (non-hydrogen) atoms. The Labute approximate surface area is 159 Å². The summed E-state index contributed by atoms with van der Waals surface area (Å²) in [7, 11) is -3.91. The number of amides is 1. The lowest BCUT2D eigenvalue weighted by Gasteiger charge is -2.26. The number of hydrogen-bond donors (Lipinski definition) is 1. The highest BCUT2D eigenvalue weighted by Crippen LogP contribution is 2.22. The number of halogens is 1. The highest BCUT2D eigenvalue weighted by molar-refractivity contribution is 7.89. The summed E-state index contributed by atoms with van der Waals surface area (Å²) in [6.45, 7) is 0.824. The molecule has 11 heteroatoms. The summed E-state index contributed by atoms with van der Waals surface area (Å²) in [4.78, 5) is 22.4. The maximum Gasteiger partial charge on any atom is 0.271 e. The molecule has 148 valence electrons. The Hall–Kier alpha value is -2.89. The van der Waals surface area contributed by atoms with Crippen LogP contribution in [0, 0.1) is 15.9 Å². The van der Waals surface area contributed by atoms with Crippen LogP contribution in [-0.2, 0) is 14.8 Å². The Morgan fingerprint density at radius 1 is 1.18 bits per heavy atom. The second kappa shape index (κ2) is 8.00. The summed E-state index contributed by atoms with van der Waals surface area (Å²) < 4.78 is 45.9. The van der Waals surface area contributed by atoms with Gasteiger partial charge in [0.2, 0.25) is 10.0 Å². The van der Waals surface area contributed by atoms with Gasteiger partial charge in [0.05, 0.1) is 28.6 Å². The molecule has 0 unspecified atom stereocenters. The van der Waals surface area contributed by atoms with Crippen LogP contribution >= 0.6 is 0 Å². The summed E-state index contributed by atoms with van der Waals surface area (Å²) in [5.74, 6) is -1.83. The van der Waals surface area contributed by atoms with E-state index in [0.29, 0.717) is 0 Å². The molecule has 1 fully saturated rings. The summed E-state index contributed by atoms with van der Waals surface area (Å²) >= 11 is 0. The number of nitro benzene ring substituents is 1. The number of benzene rings is 2. The lowest BCUT2D eigenvalue weighted by atomic mass is 10.2. The monoisotopic (exact) mass is 409 g/mol. The van der Waals surface area contributed by atoms with Gasteiger partial charge in [0.25, 0.3) is 11.6 Å². The molecule has 1 amide bonds. The first-order valence-corrected chi connectivity index (χ1v) is 9.66.